The second-order valence-corrected chi connectivity index (χ2v) is 4.28. The first-order valence-corrected chi connectivity index (χ1v) is 6.28. The van der Waals surface area contributed by atoms with Gasteiger partial charge in [0.2, 0.25) is 0 Å². The highest BCUT2D eigenvalue weighted by atomic mass is 16.4. The summed E-state index contributed by atoms with van der Waals surface area (Å²) >= 11 is 0. The van der Waals surface area contributed by atoms with Crippen LogP contribution >= 0.6 is 0 Å². The number of aromatic nitrogens is 2. The average Bonchev–Trinajstić information content (AvgIpc) is 2.74. The summed E-state index contributed by atoms with van der Waals surface area (Å²) < 4.78 is 1.87. The maximum atomic E-state index is 11.5. The lowest BCUT2D eigenvalue weighted by atomic mass is 10.2. The number of carboxylic acids is 1. The first-order valence-electron chi connectivity index (χ1n) is 6.28. The van der Waals surface area contributed by atoms with E-state index in [-0.39, 0.29) is 0 Å². The van der Waals surface area contributed by atoms with Crippen molar-refractivity contribution in [1.82, 2.24) is 20.2 Å². The lowest BCUT2D eigenvalue weighted by Gasteiger charge is -2.14. The molecule has 0 aliphatic carbocycles. The summed E-state index contributed by atoms with van der Waals surface area (Å²) in [5.41, 5.74) is 0. The van der Waals surface area contributed by atoms with Crippen molar-refractivity contribution in [3.8, 4) is 0 Å². The Morgan fingerprint density at radius 1 is 1.53 bits per heavy atom. The molecule has 0 radical (unpaired) electrons. The maximum absolute atomic E-state index is 11.5. The Hall–Kier alpha value is -2.05. The molecule has 19 heavy (non-hydrogen) atoms. The maximum Gasteiger partial charge on any atom is 0.326 e. The van der Waals surface area contributed by atoms with E-state index in [0.29, 0.717) is 25.8 Å². The van der Waals surface area contributed by atoms with E-state index < -0.39 is 18.0 Å². The molecule has 0 aliphatic rings. The van der Waals surface area contributed by atoms with Crippen LogP contribution in [0.2, 0.25) is 0 Å². The number of urea groups is 1. The predicted molar refractivity (Wildman–Crippen MR) is 69.8 cm³/mol. The molecule has 7 heteroatoms. The van der Waals surface area contributed by atoms with Crippen LogP contribution in [0.25, 0.3) is 0 Å². The van der Waals surface area contributed by atoms with Crippen LogP contribution in [0, 0.1) is 0 Å². The lowest BCUT2D eigenvalue weighted by molar-refractivity contribution is -0.139. The van der Waals surface area contributed by atoms with E-state index in [1.807, 2.05) is 24.7 Å². The van der Waals surface area contributed by atoms with E-state index in [9.17, 15) is 9.59 Å². The molecule has 0 spiro atoms. The van der Waals surface area contributed by atoms with Crippen molar-refractivity contribution in [2.45, 2.75) is 32.2 Å². The minimum Gasteiger partial charge on any atom is -0.480 e. The zero-order valence-electron chi connectivity index (χ0n) is 11.2. The summed E-state index contributed by atoms with van der Waals surface area (Å²) in [5, 5.41) is 14.0. The summed E-state index contributed by atoms with van der Waals surface area (Å²) in [6.45, 7) is 2.28. The monoisotopic (exact) mass is 268 g/mol. The van der Waals surface area contributed by atoms with Crippen LogP contribution in [0.5, 0.6) is 0 Å². The Morgan fingerprint density at radius 2 is 2.26 bits per heavy atom. The molecule has 1 heterocycles. The van der Waals surface area contributed by atoms with E-state index in [1.54, 1.807) is 6.20 Å². The molecule has 7 nitrogen and oxygen atoms in total. The Morgan fingerprint density at radius 3 is 2.79 bits per heavy atom. The third-order valence-corrected chi connectivity index (χ3v) is 2.74. The van der Waals surface area contributed by atoms with Crippen LogP contribution in [-0.4, -0.2) is 39.2 Å². The number of nitrogens with one attached hydrogen (secondary N) is 2. The van der Waals surface area contributed by atoms with Gasteiger partial charge in [0, 0.05) is 32.4 Å². The van der Waals surface area contributed by atoms with Gasteiger partial charge in [-0.1, -0.05) is 13.3 Å². The standard InChI is InChI=1S/C12H20N4O3/c1-3-4-9(11(17)18)15-12(19)14-6-5-10-13-7-8-16(10)2/h7-9H,3-6H2,1-2H3,(H,17,18)(H2,14,15,19). The van der Waals surface area contributed by atoms with Crippen LogP contribution < -0.4 is 10.6 Å². The molecule has 2 amide bonds. The highest BCUT2D eigenvalue weighted by Crippen LogP contribution is 1.97. The van der Waals surface area contributed by atoms with Crippen molar-refractivity contribution in [1.29, 1.82) is 0 Å². The predicted octanol–water partition coefficient (Wildman–Crippen LogP) is 0.515. The Kier molecular flexibility index (Phi) is 5.84. The molecule has 1 rings (SSSR count). The van der Waals surface area contributed by atoms with Crippen molar-refractivity contribution < 1.29 is 14.7 Å². The highest BCUT2D eigenvalue weighted by Gasteiger charge is 2.18. The highest BCUT2D eigenvalue weighted by molar-refractivity contribution is 5.82. The first kappa shape index (κ1) is 15.0. The van der Waals surface area contributed by atoms with Crippen LogP contribution in [0.15, 0.2) is 12.4 Å². The summed E-state index contributed by atoms with van der Waals surface area (Å²) in [6.07, 6.45) is 5.24. The number of rotatable bonds is 7. The van der Waals surface area contributed by atoms with E-state index in [0.717, 1.165) is 5.82 Å². The molecule has 1 atom stereocenters. The second-order valence-electron chi connectivity index (χ2n) is 4.28. The van der Waals surface area contributed by atoms with Gasteiger partial charge in [0.05, 0.1) is 0 Å². The zero-order valence-corrected chi connectivity index (χ0v) is 11.2. The molecule has 0 aliphatic heterocycles. The number of carboxylic acid groups (broad SMARTS) is 1. The SMILES string of the molecule is CCCC(NC(=O)NCCc1nccn1C)C(=O)O. The van der Waals surface area contributed by atoms with Gasteiger partial charge in [0.25, 0.3) is 0 Å². The van der Waals surface area contributed by atoms with Gasteiger partial charge in [-0.2, -0.15) is 0 Å². The molecular weight excluding hydrogens is 248 g/mol. The zero-order chi connectivity index (χ0) is 14.3. The van der Waals surface area contributed by atoms with Crippen molar-refractivity contribution in [3.05, 3.63) is 18.2 Å². The van der Waals surface area contributed by atoms with Gasteiger partial charge in [-0.15, -0.1) is 0 Å². The first-order chi connectivity index (χ1) is 9.04. The van der Waals surface area contributed by atoms with Gasteiger partial charge in [-0.3, -0.25) is 0 Å². The van der Waals surface area contributed by atoms with Crippen molar-refractivity contribution in [3.63, 3.8) is 0 Å². The molecule has 0 saturated carbocycles. The number of imidazole rings is 1. The molecule has 0 fully saturated rings. The minimum atomic E-state index is -1.01. The topological polar surface area (TPSA) is 96.3 Å². The van der Waals surface area contributed by atoms with Crippen LogP contribution in [0.4, 0.5) is 4.79 Å². The van der Waals surface area contributed by atoms with Gasteiger partial charge < -0.3 is 20.3 Å². The van der Waals surface area contributed by atoms with Gasteiger partial charge in [-0.25, -0.2) is 14.6 Å². The number of amides is 2. The molecule has 1 unspecified atom stereocenters. The normalized spacial score (nSPS) is 11.9. The number of hydrogen-bond acceptors (Lipinski definition) is 3. The van der Waals surface area contributed by atoms with Gasteiger partial charge in [-0.05, 0) is 6.42 Å². The summed E-state index contributed by atoms with van der Waals surface area (Å²) in [4.78, 5) is 26.5. The average molecular weight is 268 g/mol. The number of hydrogen-bond donors (Lipinski definition) is 3. The number of carbonyl (C=O) groups is 2. The molecule has 106 valence electrons. The largest absolute Gasteiger partial charge is 0.480 e. The van der Waals surface area contributed by atoms with Crippen LogP contribution in [0.3, 0.4) is 0 Å². The third-order valence-electron chi connectivity index (χ3n) is 2.74. The fourth-order valence-electron chi connectivity index (χ4n) is 1.68. The number of carbonyl (C=O) groups excluding carboxylic acids is 1. The van der Waals surface area contributed by atoms with Crippen molar-refractivity contribution >= 4 is 12.0 Å². The molecule has 1 aromatic heterocycles. The van der Waals surface area contributed by atoms with E-state index >= 15 is 0 Å². The summed E-state index contributed by atoms with van der Waals surface area (Å²) in [7, 11) is 1.88. The third kappa shape index (κ3) is 4.99. The fourth-order valence-corrected chi connectivity index (χ4v) is 1.68. The molecule has 0 bridgehead atoms. The molecule has 3 N–H and O–H groups in total. The number of nitrogens with zero attached hydrogens (tertiary/aromatic N) is 2. The molecule has 0 aromatic carbocycles. The molecule has 1 aromatic rings. The van der Waals surface area contributed by atoms with Crippen LogP contribution in [-0.2, 0) is 18.3 Å². The van der Waals surface area contributed by atoms with Crippen molar-refractivity contribution in [2.75, 3.05) is 6.54 Å². The quantitative estimate of drug-likeness (QED) is 0.671. The second kappa shape index (κ2) is 7.40. The van der Waals surface area contributed by atoms with Gasteiger partial charge >= 0.3 is 12.0 Å². The minimum absolute atomic E-state index is 0.412. The Bertz CT molecular complexity index is 430. The fraction of sp³-hybridized carbons (Fsp3) is 0.583. The summed E-state index contributed by atoms with van der Waals surface area (Å²) in [6, 6.07) is -1.30. The van der Waals surface area contributed by atoms with Gasteiger partial charge in [0.1, 0.15) is 11.9 Å². The van der Waals surface area contributed by atoms with E-state index in [2.05, 4.69) is 15.6 Å². The smallest absolute Gasteiger partial charge is 0.326 e. The number of aliphatic carboxylic acids is 1. The number of aryl methyl sites for hydroxylation is 1. The molecular formula is C12H20N4O3. The Balaban J connectivity index is 2.31. The molecule has 0 saturated heterocycles. The van der Waals surface area contributed by atoms with Crippen molar-refractivity contribution in [2.24, 2.45) is 7.05 Å². The van der Waals surface area contributed by atoms with E-state index in [4.69, 9.17) is 5.11 Å². The van der Waals surface area contributed by atoms with Crippen LogP contribution in [0.1, 0.15) is 25.6 Å². The van der Waals surface area contributed by atoms with E-state index in [1.165, 1.54) is 0 Å². The summed E-state index contributed by atoms with van der Waals surface area (Å²) in [5.74, 6) is -0.148. The lowest BCUT2D eigenvalue weighted by Crippen LogP contribution is -2.46. The Labute approximate surface area is 112 Å². The van der Waals surface area contributed by atoms with Gasteiger partial charge in [0.15, 0.2) is 0 Å².